The summed E-state index contributed by atoms with van der Waals surface area (Å²) in [5, 5.41) is 0. The van der Waals surface area contributed by atoms with Crippen LogP contribution in [-0.2, 0) is 11.2 Å². The number of likely N-dealkylation sites (N-methyl/N-ethyl adjacent to an activating group) is 1. The molecule has 0 aliphatic carbocycles. The third-order valence-electron chi connectivity index (χ3n) is 6.06. The molecule has 2 aromatic rings. The highest BCUT2D eigenvalue weighted by Gasteiger charge is 2.46. The molecule has 3 heterocycles. The average molecular weight is 413 g/mol. The Bertz CT molecular complexity index is 1030. The molecule has 3 aliphatic rings. The second-order valence-corrected chi connectivity index (χ2v) is 7.48. The molecule has 0 N–H and O–H groups in total. The lowest BCUT2D eigenvalue weighted by atomic mass is 9.85. The van der Waals surface area contributed by atoms with Crippen molar-refractivity contribution in [2.75, 3.05) is 41.7 Å². The number of hydrogen-bond donors (Lipinski definition) is 0. The first kappa shape index (κ1) is 18.9. The van der Waals surface area contributed by atoms with Gasteiger partial charge in [-0.15, -0.1) is 0 Å². The Labute approximate surface area is 174 Å². The van der Waals surface area contributed by atoms with Gasteiger partial charge in [0.25, 0.3) is 0 Å². The Kier molecular flexibility index (Phi) is 4.39. The third-order valence-corrected chi connectivity index (χ3v) is 6.06. The van der Waals surface area contributed by atoms with Gasteiger partial charge in [-0.25, -0.2) is 4.79 Å². The molecule has 0 spiro atoms. The topological polar surface area (TPSA) is 75.7 Å². The van der Waals surface area contributed by atoms with E-state index < -0.39 is 6.10 Å². The SMILES string of the molecule is COc1ccc2c(c1OC)[C@H]([C@@H]1c3c(cc4c(c3OC)OCO4)CCN1C)OC2=O. The normalized spacial score (nSPS) is 21.7. The zero-order valence-corrected chi connectivity index (χ0v) is 17.3. The molecule has 8 heteroatoms. The van der Waals surface area contributed by atoms with Gasteiger partial charge in [0.05, 0.1) is 38.5 Å². The summed E-state index contributed by atoms with van der Waals surface area (Å²) in [6, 6.07) is 5.16. The van der Waals surface area contributed by atoms with Crippen LogP contribution in [0.25, 0.3) is 0 Å². The molecule has 0 amide bonds. The van der Waals surface area contributed by atoms with E-state index in [2.05, 4.69) is 4.90 Å². The van der Waals surface area contributed by atoms with Gasteiger partial charge in [0, 0.05) is 12.1 Å². The fourth-order valence-corrected chi connectivity index (χ4v) is 4.72. The van der Waals surface area contributed by atoms with E-state index in [1.807, 2.05) is 13.1 Å². The van der Waals surface area contributed by atoms with E-state index >= 15 is 0 Å². The van der Waals surface area contributed by atoms with Crippen molar-refractivity contribution < 1.29 is 33.2 Å². The van der Waals surface area contributed by atoms with Gasteiger partial charge >= 0.3 is 5.97 Å². The molecule has 0 bridgehead atoms. The molecule has 0 fully saturated rings. The number of fused-ring (bicyclic) bond motifs is 3. The molecule has 0 saturated carbocycles. The van der Waals surface area contributed by atoms with Gasteiger partial charge in [0.2, 0.25) is 12.5 Å². The lowest BCUT2D eigenvalue weighted by Crippen LogP contribution is -2.36. The molecular formula is C22H23NO7. The maximum atomic E-state index is 12.7. The van der Waals surface area contributed by atoms with Crippen LogP contribution < -0.4 is 23.7 Å². The predicted molar refractivity (Wildman–Crippen MR) is 106 cm³/mol. The number of rotatable bonds is 4. The van der Waals surface area contributed by atoms with E-state index in [-0.39, 0.29) is 18.8 Å². The standard InChI is InChI=1S/C22H23NO7/c1-23-8-7-11-9-14-19(29-10-28-14)21(27-4)15(11)17(23)20-16-12(22(24)30-20)5-6-13(25-2)18(16)26-3/h5-6,9,17,20H,7-8,10H2,1-4H3/t17-,20+/m0/s1. The molecule has 0 saturated heterocycles. The van der Waals surface area contributed by atoms with Gasteiger partial charge in [-0.1, -0.05) is 0 Å². The smallest absolute Gasteiger partial charge is 0.339 e. The summed E-state index contributed by atoms with van der Waals surface area (Å²) in [7, 11) is 6.76. The summed E-state index contributed by atoms with van der Waals surface area (Å²) in [5.74, 6) is 2.55. The number of methoxy groups -OCH3 is 3. The maximum absolute atomic E-state index is 12.7. The van der Waals surface area contributed by atoms with Crippen molar-refractivity contribution in [3.63, 3.8) is 0 Å². The summed E-state index contributed by atoms with van der Waals surface area (Å²) in [6.45, 7) is 0.942. The lowest BCUT2D eigenvalue weighted by molar-refractivity contribution is 0.00825. The number of cyclic esters (lactones) is 1. The predicted octanol–water partition coefficient (Wildman–Crippen LogP) is 2.88. The van der Waals surface area contributed by atoms with Crippen molar-refractivity contribution in [3.05, 3.63) is 40.5 Å². The van der Waals surface area contributed by atoms with E-state index in [1.54, 1.807) is 33.5 Å². The van der Waals surface area contributed by atoms with Crippen LogP contribution in [0.15, 0.2) is 18.2 Å². The Morgan fingerprint density at radius 1 is 1.03 bits per heavy atom. The van der Waals surface area contributed by atoms with Crippen molar-refractivity contribution in [1.29, 1.82) is 0 Å². The second-order valence-electron chi connectivity index (χ2n) is 7.48. The monoisotopic (exact) mass is 413 g/mol. The molecule has 0 aromatic heterocycles. The minimum Gasteiger partial charge on any atom is -0.493 e. The van der Waals surface area contributed by atoms with Gasteiger partial charge in [-0.05, 0) is 37.2 Å². The molecule has 3 aliphatic heterocycles. The maximum Gasteiger partial charge on any atom is 0.339 e. The zero-order chi connectivity index (χ0) is 21.0. The average Bonchev–Trinajstić information content (AvgIpc) is 3.35. The van der Waals surface area contributed by atoms with Crippen molar-refractivity contribution in [2.45, 2.75) is 18.6 Å². The van der Waals surface area contributed by atoms with Crippen molar-refractivity contribution in [2.24, 2.45) is 0 Å². The highest BCUT2D eigenvalue weighted by Crippen LogP contribution is 2.56. The van der Waals surface area contributed by atoms with Gasteiger partial charge in [-0.2, -0.15) is 0 Å². The molecule has 8 nitrogen and oxygen atoms in total. The quantitative estimate of drug-likeness (QED) is 0.709. The molecule has 0 unspecified atom stereocenters. The molecular weight excluding hydrogens is 390 g/mol. The fourth-order valence-electron chi connectivity index (χ4n) is 4.72. The second kappa shape index (κ2) is 6.98. The largest absolute Gasteiger partial charge is 0.493 e. The number of hydrogen-bond acceptors (Lipinski definition) is 8. The van der Waals surface area contributed by atoms with E-state index in [4.69, 9.17) is 28.4 Å². The minimum absolute atomic E-state index is 0.154. The fraction of sp³-hybridized carbons (Fsp3) is 0.409. The van der Waals surface area contributed by atoms with Crippen LogP contribution >= 0.6 is 0 Å². The van der Waals surface area contributed by atoms with Crippen molar-refractivity contribution in [1.82, 2.24) is 4.90 Å². The van der Waals surface area contributed by atoms with E-state index in [1.165, 1.54) is 0 Å². The molecule has 5 rings (SSSR count). The van der Waals surface area contributed by atoms with Crippen molar-refractivity contribution >= 4 is 5.97 Å². The number of carbonyl (C=O) groups excluding carboxylic acids is 1. The number of carbonyl (C=O) groups is 1. The first-order valence-electron chi connectivity index (χ1n) is 9.74. The summed E-state index contributed by atoms with van der Waals surface area (Å²) < 4.78 is 34.1. The van der Waals surface area contributed by atoms with Crippen LogP contribution in [0, 0.1) is 0 Å². The summed E-state index contributed by atoms with van der Waals surface area (Å²) in [5.41, 5.74) is 3.20. The summed E-state index contributed by atoms with van der Waals surface area (Å²) in [6.07, 6.45) is 0.230. The van der Waals surface area contributed by atoms with E-state index in [9.17, 15) is 4.79 Å². The summed E-state index contributed by atoms with van der Waals surface area (Å²) in [4.78, 5) is 14.9. The van der Waals surface area contributed by atoms with Crippen LogP contribution in [0.4, 0.5) is 0 Å². The number of nitrogens with zero attached hydrogens (tertiary/aromatic N) is 1. The molecule has 0 radical (unpaired) electrons. The van der Waals surface area contributed by atoms with Crippen LogP contribution in [0.2, 0.25) is 0 Å². The molecule has 158 valence electrons. The van der Waals surface area contributed by atoms with E-state index in [0.29, 0.717) is 39.9 Å². The molecule has 2 atom stereocenters. The molecule has 30 heavy (non-hydrogen) atoms. The molecule has 2 aromatic carbocycles. The van der Waals surface area contributed by atoms with Gasteiger partial charge in [-0.3, -0.25) is 4.90 Å². The van der Waals surface area contributed by atoms with Gasteiger partial charge in [0.15, 0.2) is 29.1 Å². The van der Waals surface area contributed by atoms with Crippen molar-refractivity contribution in [3.8, 4) is 28.7 Å². The van der Waals surface area contributed by atoms with Gasteiger partial charge in [0.1, 0.15) is 0 Å². The Morgan fingerprint density at radius 2 is 1.83 bits per heavy atom. The number of ether oxygens (including phenoxy) is 6. The highest BCUT2D eigenvalue weighted by atomic mass is 16.7. The zero-order valence-electron chi connectivity index (χ0n) is 17.3. The summed E-state index contributed by atoms with van der Waals surface area (Å²) >= 11 is 0. The lowest BCUT2D eigenvalue weighted by Gasteiger charge is -2.38. The first-order chi connectivity index (χ1) is 14.6. The Balaban J connectivity index is 1.72. The minimum atomic E-state index is -0.587. The van der Waals surface area contributed by atoms with Crippen LogP contribution in [0.1, 0.15) is 39.2 Å². The Morgan fingerprint density at radius 3 is 2.57 bits per heavy atom. The highest BCUT2D eigenvalue weighted by molar-refractivity contribution is 5.95. The van der Waals surface area contributed by atoms with Crippen LogP contribution in [0.3, 0.4) is 0 Å². The van der Waals surface area contributed by atoms with Crippen LogP contribution in [-0.4, -0.2) is 52.6 Å². The first-order valence-corrected chi connectivity index (χ1v) is 9.74. The third kappa shape index (κ3) is 2.53. The van der Waals surface area contributed by atoms with Gasteiger partial charge < -0.3 is 28.4 Å². The number of benzene rings is 2. The van der Waals surface area contributed by atoms with E-state index in [0.717, 1.165) is 24.1 Å². The Hall–Kier alpha value is -3.13. The number of esters is 1. The van der Waals surface area contributed by atoms with Crippen LogP contribution in [0.5, 0.6) is 28.7 Å².